The Bertz CT molecular complexity index is 808. The smallest absolute Gasteiger partial charge is 0.262 e. The Hall–Kier alpha value is -2.83. The number of ether oxygens (including phenoxy) is 1. The van der Waals surface area contributed by atoms with Crippen molar-refractivity contribution in [3.05, 3.63) is 36.0 Å². The second-order valence-corrected chi connectivity index (χ2v) is 6.45. The van der Waals surface area contributed by atoms with Gasteiger partial charge in [0.05, 0.1) is 17.9 Å². The second-order valence-electron chi connectivity index (χ2n) is 6.45. The first-order valence-corrected chi connectivity index (χ1v) is 8.62. The van der Waals surface area contributed by atoms with Gasteiger partial charge in [-0.1, -0.05) is 19.3 Å². The highest BCUT2D eigenvalue weighted by molar-refractivity contribution is 6.05. The number of fused-ring (bicyclic) bond motifs is 1. The summed E-state index contributed by atoms with van der Waals surface area (Å²) in [5.74, 6) is 0.818. The zero-order chi connectivity index (χ0) is 17.2. The number of carbonyl (C=O) groups is 2. The molecule has 2 aromatic rings. The summed E-state index contributed by atoms with van der Waals surface area (Å²) >= 11 is 0. The lowest BCUT2D eigenvalue weighted by Crippen LogP contribution is -2.26. The summed E-state index contributed by atoms with van der Waals surface area (Å²) in [6, 6.07) is 7.17. The van der Waals surface area contributed by atoms with Crippen LogP contribution in [0.25, 0.3) is 0 Å². The molecule has 0 unspecified atom stereocenters. The van der Waals surface area contributed by atoms with Gasteiger partial charge in [0.2, 0.25) is 0 Å². The van der Waals surface area contributed by atoms with Crippen LogP contribution in [0.5, 0.6) is 5.75 Å². The van der Waals surface area contributed by atoms with E-state index < -0.39 is 0 Å². The molecule has 2 heterocycles. The highest BCUT2D eigenvalue weighted by Gasteiger charge is 2.21. The first kappa shape index (κ1) is 15.7. The maximum atomic E-state index is 12.6. The summed E-state index contributed by atoms with van der Waals surface area (Å²) in [5, 5.41) is 10.0. The summed E-state index contributed by atoms with van der Waals surface area (Å²) in [6.45, 7) is -0.000877. The molecule has 0 radical (unpaired) electrons. The van der Waals surface area contributed by atoms with Crippen molar-refractivity contribution in [1.29, 1.82) is 0 Å². The number of amides is 2. The van der Waals surface area contributed by atoms with Crippen LogP contribution in [0.2, 0.25) is 0 Å². The van der Waals surface area contributed by atoms with Crippen LogP contribution >= 0.6 is 0 Å². The van der Waals surface area contributed by atoms with Gasteiger partial charge in [0.25, 0.3) is 11.8 Å². The normalized spacial score (nSPS) is 17.4. The van der Waals surface area contributed by atoms with Crippen molar-refractivity contribution in [2.45, 2.75) is 38.1 Å². The van der Waals surface area contributed by atoms with E-state index in [0.717, 1.165) is 12.8 Å². The van der Waals surface area contributed by atoms with Crippen molar-refractivity contribution in [3.8, 4) is 5.75 Å². The van der Waals surface area contributed by atoms with Crippen molar-refractivity contribution >= 4 is 23.3 Å². The average Bonchev–Trinajstić information content (AvgIpc) is 3.10. The third-order valence-electron chi connectivity index (χ3n) is 4.71. The second kappa shape index (κ2) is 6.58. The number of nitrogens with one attached hydrogen (secondary N) is 2. The molecular formula is C18H20N4O3. The number of hydrogen-bond acceptors (Lipinski definition) is 4. The average molecular weight is 340 g/mol. The molecule has 0 saturated heterocycles. The van der Waals surface area contributed by atoms with Crippen LogP contribution in [0.3, 0.4) is 0 Å². The molecule has 1 fully saturated rings. The van der Waals surface area contributed by atoms with E-state index in [0.29, 0.717) is 28.9 Å². The van der Waals surface area contributed by atoms with E-state index in [1.165, 1.54) is 19.3 Å². The minimum atomic E-state index is -0.236. The summed E-state index contributed by atoms with van der Waals surface area (Å²) in [7, 11) is 0. The maximum absolute atomic E-state index is 12.6. The number of benzene rings is 1. The van der Waals surface area contributed by atoms with Crippen LogP contribution < -0.4 is 15.4 Å². The van der Waals surface area contributed by atoms with Gasteiger partial charge in [-0.3, -0.25) is 9.59 Å². The van der Waals surface area contributed by atoms with Gasteiger partial charge >= 0.3 is 0 Å². The van der Waals surface area contributed by atoms with Gasteiger partial charge in [-0.15, -0.1) is 0 Å². The summed E-state index contributed by atoms with van der Waals surface area (Å²) in [5.41, 5.74) is 0.977. The van der Waals surface area contributed by atoms with Crippen molar-refractivity contribution < 1.29 is 14.3 Å². The van der Waals surface area contributed by atoms with Gasteiger partial charge in [0.15, 0.2) is 6.61 Å². The summed E-state index contributed by atoms with van der Waals surface area (Å²) < 4.78 is 7.23. The van der Waals surface area contributed by atoms with Gasteiger partial charge in [-0.05, 0) is 31.0 Å². The Labute approximate surface area is 145 Å². The molecule has 2 amide bonds. The Kier molecular flexibility index (Phi) is 4.13. The predicted octanol–water partition coefficient (Wildman–Crippen LogP) is 2.97. The van der Waals surface area contributed by atoms with Crippen molar-refractivity contribution in [2.24, 2.45) is 0 Å². The van der Waals surface area contributed by atoms with Crippen LogP contribution in [-0.4, -0.2) is 28.2 Å². The van der Waals surface area contributed by atoms with Gasteiger partial charge in [0, 0.05) is 11.6 Å². The van der Waals surface area contributed by atoms with Gasteiger partial charge in [0.1, 0.15) is 11.6 Å². The molecule has 7 heteroatoms. The number of rotatable bonds is 3. The number of carbonyl (C=O) groups excluding carboxylic acids is 2. The lowest BCUT2D eigenvalue weighted by Gasteiger charge is -2.24. The number of anilines is 2. The zero-order valence-corrected chi connectivity index (χ0v) is 13.8. The lowest BCUT2D eigenvalue weighted by molar-refractivity contribution is -0.118. The number of hydrogen-bond donors (Lipinski definition) is 2. The Morgan fingerprint density at radius 2 is 2.08 bits per heavy atom. The highest BCUT2D eigenvalue weighted by Crippen LogP contribution is 2.31. The summed E-state index contributed by atoms with van der Waals surface area (Å²) in [4.78, 5) is 24.0. The fraction of sp³-hybridized carbons (Fsp3) is 0.389. The predicted molar refractivity (Wildman–Crippen MR) is 92.9 cm³/mol. The van der Waals surface area contributed by atoms with Gasteiger partial charge < -0.3 is 15.4 Å². The SMILES string of the molecule is O=C1COc2ccc(C(=O)Nc3ccnn3C3CCCCC3)cc2N1. The first-order valence-electron chi connectivity index (χ1n) is 8.62. The van der Waals surface area contributed by atoms with E-state index >= 15 is 0 Å². The van der Waals surface area contributed by atoms with Crippen molar-refractivity contribution in [2.75, 3.05) is 17.2 Å². The molecule has 2 N–H and O–H groups in total. The standard InChI is InChI=1S/C18H20N4O3/c23-17-11-25-15-7-6-12(10-14(15)20-17)18(24)21-16-8-9-19-22(16)13-4-2-1-3-5-13/h6-10,13H,1-5,11H2,(H,20,23)(H,21,24). The summed E-state index contributed by atoms with van der Waals surface area (Å²) in [6.07, 6.45) is 7.55. The fourth-order valence-electron chi connectivity index (χ4n) is 3.44. The molecule has 7 nitrogen and oxygen atoms in total. The van der Waals surface area contributed by atoms with E-state index in [1.54, 1.807) is 24.4 Å². The number of nitrogens with zero attached hydrogens (tertiary/aromatic N) is 2. The minimum absolute atomic E-state index is 0.000877. The van der Waals surface area contributed by atoms with E-state index in [4.69, 9.17) is 4.74 Å². The van der Waals surface area contributed by atoms with Crippen molar-refractivity contribution in [1.82, 2.24) is 9.78 Å². The molecule has 0 spiro atoms. The monoisotopic (exact) mass is 340 g/mol. The molecule has 1 saturated carbocycles. The molecule has 130 valence electrons. The van der Waals surface area contributed by atoms with Crippen LogP contribution in [0, 0.1) is 0 Å². The zero-order valence-electron chi connectivity index (χ0n) is 13.8. The van der Waals surface area contributed by atoms with Crippen LogP contribution in [0.4, 0.5) is 11.5 Å². The topological polar surface area (TPSA) is 85.2 Å². The van der Waals surface area contributed by atoms with Gasteiger partial charge in [-0.2, -0.15) is 5.10 Å². The van der Waals surface area contributed by atoms with E-state index in [9.17, 15) is 9.59 Å². The third-order valence-corrected chi connectivity index (χ3v) is 4.71. The largest absolute Gasteiger partial charge is 0.482 e. The molecule has 1 aliphatic carbocycles. The van der Waals surface area contributed by atoms with Crippen LogP contribution in [-0.2, 0) is 4.79 Å². The van der Waals surface area contributed by atoms with E-state index in [2.05, 4.69) is 15.7 Å². The lowest BCUT2D eigenvalue weighted by atomic mass is 9.96. The van der Waals surface area contributed by atoms with E-state index in [-0.39, 0.29) is 18.4 Å². The molecule has 1 aliphatic heterocycles. The molecule has 2 aliphatic rings. The Balaban J connectivity index is 1.52. The third kappa shape index (κ3) is 3.22. The molecular weight excluding hydrogens is 320 g/mol. The van der Waals surface area contributed by atoms with Gasteiger partial charge in [-0.25, -0.2) is 4.68 Å². The molecule has 0 atom stereocenters. The molecule has 25 heavy (non-hydrogen) atoms. The molecule has 1 aromatic heterocycles. The Morgan fingerprint density at radius 3 is 2.92 bits per heavy atom. The molecule has 0 bridgehead atoms. The molecule has 4 rings (SSSR count). The number of aromatic nitrogens is 2. The molecule has 1 aromatic carbocycles. The highest BCUT2D eigenvalue weighted by atomic mass is 16.5. The minimum Gasteiger partial charge on any atom is -0.482 e. The Morgan fingerprint density at radius 1 is 1.24 bits per heavy atom. The first-order chi connectivity index (χ1) is 12.2. The van der Waals surface area contributed by atoms with Crippen molar-refractivity contribution in [3.63, 3.8) is 0 Å². The fourth-order valence-corrected chi connectivity index (χ4v) is 3.44. The maximum Gasteiger partial charge on any atom is 0.262 e. The van der Waals surface area contributed by atoms with Crippen LogP contribution in [0.15, 0.2) is 30.5 Å². The van der Waals surface area contributed by atoms with E-state index in [1.807, 2.05) is 10.7 Å². The van der Waals surface area contributed by atoms with Crippen LogP contribution in [0.1, 0.15) is 48.5 Å². The quantitative estimate of drug-likeness (QED) is 0.899.